The van der Waals surface area contributed by atoms with Crippen molar-refractivity contribution < 1.29 is 9.90 Å². The molecule has 0 radical (unpaired) electrons. The Hall–Kier alpha value is -1.55. The van der Waals surface area contributed by atoms with Gasteiger partial charge < -0.3 is 15.3 Å². The summed E-state index contributed by atoms with van der Waals surface area (Å²) in [4.78, 5) is 15.2. The fourth-order valence-corrected chi connectivity index (χ4v) is 4.13. The van der Waals surface area contributed by atoms with Crippen LogP contribution in [0.1, 0.15) is 88.5 Å². The SMILES string of the molecule is CCCCCCCCN1CCc2c(C)c(CO)c(C)c(NC(=O)C(C)(C)C)c21. The summed E-state index contributed by atoms with van der Waals surface area (Å²) >= 11 is 0. The molecule has 0 saturated carbocycles. The summed E-state index contributed by atoms with van der Waals surface area (Å²) < 4.78 is 0. The Morgan fingerprint density at radius 3 is 2.32 bits per heavy atom. The van der Waals surface area contributed by atoms with Gasteiger partial charge in [0, 0.05) is 18.5 Å². The van der Waals surface area contributed by atoms with Gasteiger partial charge in [0.1, 0.15) is 0 Å². The van der Waals surface area contributed by atoms with Crippen molar-refractivity contribution in [1.29, 1.82) is 0 Å². The zero-order valence-corrected chi connectivity index (χ0v) is 18.9. The molecule has 4 heteroatoms. The number of amides is 1. The van der Waals surface area contributed by atoms with Gasteiger partial charge in [-0.2, -0.15) is 0 Å². The highest BCUT2D eigenvalue weighted by Gasteiger charge is 2.30. The minimum absolute atomic E-state index is 0.0146. The van der Waals surface area contributed by atoms with E-state index in [2.05, 4.69) is 24.1 Å². The van der Waals surface area contributed by atoms with E-state index in [0.29, 0.717) is 0 Å². The van der Waals surface area contributed by atoms with Gasteiger partial charge in [-0.15, -0.1) is 0 Å². The lowest BCUT2D eigenvalue weighted by atomic mass is 9.92. The number of carbonyl (C=O) groups excluding carboxylic acids is 1. The molecule has 1 aromatic carbocycles. The third kappa shape index (κ3) is 5.08. The van der Waals surface area contributed by atoms with Crippen LogP contribution in [0.5, 0.6) is 0 Å². The summed E-state index contributed by atoms with van der Waals surface area (Å²) in [5, 5.41) is 13.1. The summed E-state index contributed by atoms with van der Waals surface area (Å²) in [6.07, 6.45) is 8.70. The van der Waals surface area contributed by atoms with E-state index in [1.807, 2.05) is 27.7 Å². The monoisotopic (exact) mass is 388 g/mol. The van der Waals surface area contributed by atoms with Gasteiger partial charge >= 0.3 is 0 Å². The molecule has 0 atom stereocenters. The number of nitrogens with zero attached hydrogens (tertiary/aromatic N) is 1. The maximum Gasteiger partial charge on any atom is 0.229 e. The Balaban J connectivity index is 2.27. The Morgan fingerprint density at radius 1 is 1.07 bits per heavy atom. The number of rotatable bonds is 9. The molecular formula is C24H40N2O2. The number of nitrogens with one attached hydrogen (secondary N) is 1. The van der Waals surface area contributed by atoms with Gasteiger partial charge in [0.25, 0.3) is 0 Å². The van der Waals surface area contributed by atoms with Gasteiger partial charge in [-0.3, -0.25) is 4.79 Å². The second-order valence-corrected chi connectivity index (χ2v) is 9.30. The van der Waals surface area contributed by atoms with Crippen molar-refractivity contribution in [3.8, 4) is 0 Å². The number of unbranched alkanes of at least 4 members (excludes halogenated alkanes) is 5. The highest BCUT2D eigenvalue weighted by atomic mass is 16.3. The molecule has 1 aliphatic rings. The molecule has 2 N–H and O–H groups in total. The maximum absolute atomic E-state index is 12.7. The minimum atomic E-state index is -0.452. The molecule has 4 nitrogen and oxygen atoms in total. The zero-order valence-electron chi connectivity index (χ0n) is 18.9. The average Bonchev–Trinajstić information content (AvgIpc) is 3.05. The summed E-state index contributed by atoms with van der Waals surface area (Å²) in [6.45, 7) is 14.3. The molecule has 0 aliphatic carbocycles. The zero-order chi connectivity index (χ0) is 20.9. The van der Waals surface area contributed by atoms with Crippen molar-refractivity contribution in [2.24, 2.45) is 5.41 Å². The molecule has 0 saturated heterocycles. The molecule has 1 heterocycles. The Morgan fingerprint density at radius 2 is 1.71 bits per heavy atom. The molecular weight excluding hydrogens is 348 g/mol. The molecule has 0 unspecified atom stereocenters. The maximum atomic E-state index is 12.7. The highest BCUT2D eigenvalue weighted by Crippen LogP contribution is 2.43. The number of carbonyl (C=O) groups is 1. The van der Waals surface area contributed by atoms with Gasteiger partial charge in [0.05, 0.1) is 18.0 Å². The lowest BCUT2D eigenvalue weighted by Gasteiger charge is -2.28. The van der Waals surface area contributed by atoms with Crippen LogP contribution in [0.4, 0.5) is 11.4 Å². The number of benzene rings is 1. The van der Waals surface area contributed by atoms with Gasteiger partial charge in [-0.25, -0.2) is 0 Å². The lowest BCUT2D eigenvalue weighted by Crippen LogP contribution is -2.30. The summed E-state index contributed by atoms with van der Waals surface area (Å²) in [7, 11) is 0. The second kappa shape index (κ2) is 9.78. The highest BCUT2D eigenvalue weighted by molar-refractivity contribution is 6.00. The predicted octanol–water partition coefficient (Wildman–Crippen LogP) is 5.50. The van der Waals surface area contributed by atoms with E-state index in [0.717, 1.165) is 36.3 Å². The molecule has 28 heavy (non-hydrogen) atoms. The topological polar surface area (TPSA) is 52.6 Å². The number of anilines is 2. The largest absolute Gasteiger partial charge is 0.392 e. The van der Waals surface area contributed by atoms with Crippen molar-refractivity contribution in [3.63, 3.8) is 0 Å². The minimum Gasteiger partial charge on any atom is -0.392 e. The molecule has 0 fully saturated rings. The van der Waals surface area contributed by atoms with Crippen LogP contribution in [0.15, 0.2) is 0 Å². The van der Waals surface area contributed by atoms with Gasteiger partial charge in [-0.05, 0) is 48.9 Å². The van der Waals surface area contributed by atoms with E-state index in [-0.39, 0.29) is 12.5 Å². The standard InChI is InChI=1S/C24H40N2O2/c1-7-8-9-10-11-12-14-26-15-13-19-17(2)20(16-27)18(3)21(22(19)26)25-23(28)24(4,5)6/h27H,7-16H2,1-6H3,(H,25,28). The van der Waals surface area contributed by atoms with E-state index >= 15 is 0 Å². The van der Waals surface area contributed by atoms with Crippen LogP contribution in [-0.4, -0.2) is 24.1 Å². The molecule has 0 spiro atoms. The first-order valence-electron chi connectivity index (χ1n) is 11.0. The van der Waals surface area contributed by atoms with Crippen molar-refractivity contribution in [2.75, 3.05) is 23.3 Å². The van der Waals surface area contributed by atoms with Gasteiger partial charge in [-0.1, -0.05) is 59.8 Å². The Kier molecular flexibility index (Phi) is 7.94. The van der Waals surface area contributed by atoms with Crippen LogP contribution in [0.2, 0.25) is 0 Å². The number of hydrogen-bond acceptors (Lipinski definition) is 3. The first-order valence-corrected chi connectivity index (χ1v) is 11.0. The molecule has 0 bridgehead atoms. The molecule has 1 amide bonds. The van der Waals surface area contributed by atoms with E-state index in [4.69, 9.17) is 0 Å². The number of fused-ring (bicyclic) bond motifs is 1. The second-order valence-electron chi connectivity index (χ2n) is 9.30. The Labute approximate surface area is 171 Å². The van der Waals surface area contributed by atoms with Crippen LogP contribution >= 0.6 is 0 Å². The van der Waals surface area contributed by atoms with Gasteiger partial charge in [0.2, 0.25) is 5.91 Å². The Bertz CT molecular complexity index is 689. The smallest absolute Gasteiger partial charge is 0.229 e. The molecule has 2 rings (SSSR count). The van der Waals surface area contributed by atoms with Gasteiger partial charge in [0.15, 0.2) is 0 Å². The number of aliphatic hydroxyl groups is 1. The van der Waals surface area contributed by atoms with Crippen LogP contribution in [0.3, 0.4) is 0 Å². The molecule has 158 valence electrons. The van der Waals surface area contributed by atoms with Crippen molar-refractivity contribution >= 4 is 17.3 Å². The summed E-state index contributed by atoms with van der Waals surface area (Å²) in [6, 6.07) is 0. The first kappa shape index (κ1) is 22.7. The van der Waals surface area contributed by atoms with Crippen LogP contribution in [0, 0.1) is 19.3 Å². The molecule has 0 aromatic heterocycles. The molecule has 1 aromatic rings. The third-order valence-electron chi connectivity index (χ3n) is 6.06. The van der Waals surface area contributed by atoms with E-state index in [1.54, 1.807) is 0 Å². The summed E-state index contributed by atoms with van der Waals surface area (Å²) in [5.74, 6) is 0.0250. The lowest BCUT2D eigenvalue weighted by molar-refractivity contribution is -0.123. The van der Waals surface area contributed by atoms with Crippen LogP contribution in [0.25, 0.3) is 0 Å². The normalized spacial score (nSPS) is 13.8. The van der Waals surface area contributed by atoms with Crippen LogP contribution < -0.4 is 10.2 Å². The van der Waals surface area contributed by atoms with Crippen molar-refractivity contribution in [2.45, 2.75) is 93.1 Å². The van der Waals surface area contributed by atoms with Crippen LogP contribution in [-0.2, 0) is 17.8 Å². The number of aliphatic hydroxyl groups excluding tert-OH is 1. The molecule has 1 aliphatic heterocycles. The van der Waals surface area contributed by atoms with E-state index in [9.17, 15) is 9.90 Å². The van der Waals surface area contributed by atoms with E-state index in [1.165, 1.54) is 55.3 Å². The number of hydrogen-bond donors (Lipinski definition) is 2. The third-order valence-corrected chi connectivity index (χ3v) is 6.06. The van der Waals surface area contributed by atoms with E-state index < -0.39 is 5.41 Å². The predicted molar refractivity (Wildman–Crippen MR) is 119 cm³/mol. The summed E-state index contributed by atoms with van der Waals surface area (Å²) in [5.41, 5.74) is 6.10. The fraction of sp³-hybridized carbons (Fsp3) is 0.708. The first-order chi connectivity index (χ1) is 13.2. The fourth-order valence-electron chi connectivity index (χ4n) is 4.13. The quantitative estimate of drug-likeness (QED) is 0.549. The van der Waals surface area contributed by atoms with Crippen molar-refractivity contribution in [1.82, 2.24) is 0 Å². The average molecular weight is 389 g/mol. The van der Waals surface area contributed by atoms with Crippen molar-refractivity contribution in [3.05, 3.63) is 22.3 Å².